The minimum Gasteiger partial charge on any atom is -0.342 e. The van der Waals surface area contributed by atoms with E-state index in [0.717, 1.165) is 11.6 Å². The van der Waals surface area contributed by atoms with E-state index in [9.17, 15) is 0 Å². The van der Waals surface area contributed by atoms with Gasteiger partial charge in [-0.2, -0.15) is 0 Å². The molecule has 1 saturated carbocycles. The van der Waals surface area contributed by atoms with Gasteiger partial charge >= 0.3 is 0 Å². The molecular weight excluding hydrogens is 224 g/mol. The van der Waals surface area contributed by atoms with E-state index in [1.165, 1.54) is 32.1 Å². The molecule has 3 N–H and O–H groups in total. The van der Waals surface area contributed by atoms with E-state index >= 15 is 0 Å². The van der Waals surface area contributed by atoms with Crippen molar-refractivity contribution >= 4 is 11.6 Å². The van der Waals surface area contributed by atoms with Crippen molar-refractivity contribution in [1.29, 1.82) is 0 Å². The first kappa shape index (κ1) is 12.9. The molecule has 0 unspecified atom stereocenters. The molecule has 0 atom stereocenters. The number of hydrogen-bond acceptors (Lipinski definition) is 2. The second kappa shape index (κ2) is 6.40. The van der Waals surface area contributed by atoms with Crippen molar-refractivity contribution in [3.63, 3.8) is 0 Å². The normalized spacial score (nSPS) is 17.6. The van der Waals surface area contributed by atoms with Gasteiger partial charge in [-0.3, -0.25) is 5.43 Å². The maximum Gasteiger partial charge on any atom is 0.213 e. The van der Waals surface area contributed by atoms with Crippen LogP contribution >= 0.6 is 0 Å². The Hall–Kier alpha value is -1.55. The van der Waals surface area contributed by atoms with E-state index in [1.807, 2.05) is 30.3 Å². The van der Waals surface area contributed by atoms with Gasteiger partial charge in [-0.05, 0) is 25.0 Å². The van der Waals surface area contributed by atoms with Crippen LogP contribution in [0, 0.1) is 0 Å². The molecule has 4 nitrogen and oxygen atoms in total. The molecule has 0 saturated heterocycles. The fraction of sp³-hybridized carbons (Fsp3) is 0.500. The standard InChI is InChI=1S/C14H22N4/c1-18(13-10-6-3-7-11-13)14(17-15)16-12-8-4-2-5-9-12/h2,4-5,8-9,13H,3,6-7,10-11,15H2,1H3,(H,16,17). The van der Waals surface area contributed by atoms with Crippen molar-refractivity contribution in [2.24, 2.45) is 10.8 Å². The Morgan fingerprint density at radius 1 is 1.22 bits per heavy atom. The number of nitrogens with one attached hydrogen (secondary N) is 1. The van der Waals surface area contributed by atoms with E-state index in [2.05, 4.69) is 22.4 Å². The van der Waals surface area contributed by atoms with Crippen LogP contribution in [0.2, 0.25) is 0 Å². The highest BCUT2D eigenvalue weighted by Gasteiger charge is 2.20. The second-order valence-corrected chi connectivity index (χ2v) is 4.82. The highest BCUT2D eigenvalue weighted by Crippen LogP contribution is 2.22. The van der Waals surface area contributed by atoms with Crippen LogP contribution < -0.4 is 11.3 Å². The van der Waals surface area contributed by atoms with Crippen molar-refractivity contribution in [1.82, 2.24) is 10.3 Å². The Balaban J connectivity index is 2.09. The van der Waals surface area contributed by atoms with Gasteiger partial charge in [-0.1, -0.05) is 37.5 Å². The molecule has 2 rings (SSSR count). The molecular formula is C14H22N4. The number of para-hydroxylation sites is 1. The van der Waals surface area contributed by atoms with Crippen molar-refractivity contribution in [2.45, 2.75) is 38.1 Å². The molecule has 1 aromatic carbocycles. The maximum atomic E-state index is 5.61. The molecule has 0 aromatic heterocycles. The number of guanidine groups is 1. The lowest BCUT2D eigenvalue weighted by molar-refractivity contribution is 0.272. The molecule has 0 amide bonds. The lowest BCUT2D eigenvalue weighted by Gasteiger charge is -2.33. The number of nitrogens with two attached hydrogens (primary N) is 1. The molecule has 1 aromatic rings. The summed E-state index contributed by atoms with van der Waals surface area (Å²) in [7, 11) is 2.07. The van der Waals surface area contributed by atoms with Gasteiger partial charge in [0.25, 0.3) is 0 Å². The predicted octanol–water partition coefficient (Wildman–Crippen LogP) is 2.40. The molecule has 0 heterocycles. The minimum absolute atomic E-state index is 0.553. The Labute approximate surface area is 109 Å². The number of aliphatic imine (C=N–C) groups is 1. The first-order chi connectivity index (χ1) is 8.81. The van der Waals surface area contributed by atoms with Crippen LogP contribution in [0.5, 0.6) is 0 Å². The van der Waals surface area contributed by atoms with Gasteiger partial charge in [-0.25, -0.2) is 10.8 Å². The van der Waals surface area contributed by atoms with E-state index < -0.39 is 0 Å². The van der Waals surface area contributed by atoms with Crippen LogP contribution in [0.3, 0.4) is 0 Å². The van der Waals surface area contributed by atoms with Gasteiger partial charge in [0, 0.05) is 13.1 Å². The first-order valence-electron chi connectivity index (χ1n) is 6.64. The van der Waals surface area contributed by atoms with Crippen LogP contribution in [-0.4, -0.2) is 23.9 Å². The van der Waals surface area contributed by atoms with Crippen molar-refractivity contribution < 1.29 is 0 Å². The van der Waals surface area contributed by atoms with E-state index in [0.29, 0.717) is 6.04 Å². The maximum absolute atomic E-state index is 5.61. The van der Waals surface area contributed by atoms with Crippen molar-refractivity contribution in [3.05, 3.63) is 30.3 Å². The Bertz CT molecular complexity index is 382. The van der Waals surface area contributed by atoms with Crippen LogP contribution in [-0.2, 0) is 0 Å². The summed E-state index contributed by atoms with van der Waals surface area (Å²) in [5.41, 5.74) is 3.65. The monoisotopic (exact) mass is 246 g/mol. The highest BCUT2D eigenvalue weighted by molar-refractivity contribution is 5.82. The SMILES string of the molecule is CN(C(=Nc1ccccc1)NN)C1CCCCC1. The van der Waals surface area contributed by atoms with Gasteiger partial charge in [0.15, 0.2) is 0 Å². The first-order valence-corrected chi connectivity index (χ1v) is 6.64. The third-order valence-electron chi connectivity index (χ3n) is 3.58. The average Bonchev–Trinajstić information content (AvgIpc) is 2.46. The Morgan fingerprint density at radius 3 is 2.50 bits per heavy atom. The topological polar surface area (TPSA) is 53.6 Å². The van der Waals surface area contributed by atoms with Crippen molar-refractivity contribution in [2.75, 3.05) is 7.05 Å². The fourth-order valence-corrected chi connectivity index (χ4v) is 2.48. The lowest BCUT2D eigenvalue weighted by atomic mass is 9.95. The van der Waals surface area contributed by atoms with E-state index in [4.69, 9.17) is 5.84 Å². The zero-order chi connectivity index (χ0) is 12.8. The minimum atomic E-state index is 0.553. The third-order valence-corrected chi connectivity index (χ3v) is 3.58. The third kappa shape index (κ3) is 3.23. The molecule has 0 spiro atoms. The van der Waals surface area contributed by atoms with Crippen LogP contribution in [0.1, 0.15) is 32.1 Å². The number of nitrogens with zero attached hydrogens (tertiary/aromatic N) is 2. The number of benzene rings is 1. The summed E-state index contributed by atoms with van der Waals surface area (Å²) in [6.45, 7) is 0. The molecule has 1 aliphatic rings. The Morgan fingerprint density at radius 2 is 1.89 bits per heavy atom. The van der Waals surface area contributed by atoms with Gasteiger partial charge < -0.3 is 4.90 Å². The largest absolute Gasteiger partial charge is 0.342 e. The second-order valence-electron chi connectivity index (χ2n) is 4.82. The quantitative estimate of drug-likeness (QED) is 0.365. The highest BCUT2D eigenvalue weighted by atomic mass is 15.4. The predicted molar refractivity (Wildman–Crippen MR) is 75.5 cm³/mol. The van der Waals surface area contributed by atoms with E-state index in [1.54, 1.807) is 0 Å². The fourth-order valence-electron chi connectivity index (χ4n) is 2.48. The van der Waals surface area contributed by atoms with Crippen LogP contribution in [0.4, 0.5) is 5.69 Å². The number of hydrazine groups is 1. The van der Waals surface area contributed by atoms with Crippen LogP contribution in [0.15, 0.2) is 35.3 Å². The number of rotatable bonds is 2. The summed E-state index contributed by atoms with van der Waals surface area (Å²) in [5.74, 6) is 6.35. The molecule has 98 valence electrons. The summed E-state index contributed by atoms with van der Waals surface area (Å²) in [6, 6.07) is 10.5. The zero-order valence-corrected chi connectivity index (χ0v) is 11.0. The summed E-state index contributed by atoms with van der Waals surface area (Å²) in [4.78, 5) is 6.73. The molecule has 4 heteroatoms. The summed E-state index contributed by atoms with van der Waals surface area (Å²) >= 11 is 0. The lowest BCUT2D eigenvalue weighted by Crippen LogP contribution is -2.47. The Kier molecular flexibility index (Phi) is 4.59. The summed E-state index contributed by atoms with van der Waals surface area (Å²) in [6.07, 6.45) is 6.42. The molecule has 0 radical (unpaired) electrons. The van der Waals surface area contributed by atoms with Gasteiger partial charge in [-0.15, -0.1) is 0 Å². The molecule has 0 aliphatic heterocycles. The smallest absolute Gasteiger partial charge is 0.213 e. The van der Waals surface area contributed by atoms with Gasteiger partial charge in [0.1, 0.15) is 0 Å². The molecule has 1 aliphatic carbocycles. The summed E-state index contributed by atoms with van der Waals surface area (Å²) < 4.78 is 0. The number of hydrogen-bond donors (Lipinski definition) is 2. The van der Waals surface area contributed by atoms with Gasteiger partial charge in [0.2, 0.25) is 5.96 Å². The zero-order valence-electron chi connectivity index (χ0n) is 11.0. The van der Waals surface area contributed by atoms with E-state index in [-0.39, 0.29) is 0 Å². The van der Waals surface area contributed by atoms with Crippen LogP contribution in [0.25, 0.3) is 0 Å². The molecule has 1 fully saturated rings. The summed E-state index contributed by atoms with van der Waals surface area (Å²) in [5, 5.41) is 0. The molecule has 0 bridgehead atoms. The molecule has 18 heavy (non-hydrogen) atoms. The van der Waals surface area contributed by atoms with Gasteiger partial charge in [0.05, 0.1) is 5.69 Å². The van der Waals surface area contributed by atoms with Crippen molar-refractivity contribution in [3.8, 4) is 0 Å². The average molecular weight is 246 g/mol.